The van der Waals surface area contributed by atoms with Crippen LogP contribution in [0, 0.1) is 0 Å². The maximum absolute atomic E-state index is 13.5. The van der Waals surface area contributed by atoms with Crippen LogP contribution < -0.4 is 0 Å². The topological polar surface area (TPSA) is 68.3 Å². The Hall–Kier alpha value is -3.12. The SMILES string of the molecule is O=S(=O)(c1ccc2ccccc2c1Cc1c(S(=O)(=O)C(F)(F)F)ccc2ccccc12)C(F)(F)F. The third kappa shape index (κ3) is 4.14. The monoisotopic (exact) mass is 532 g/mol. The summed E-state index contributed by atoms with van der Waals surface area (Å²) in [6.45, 7) is 0. The Bertz CT molecular complexity index is 1550. The first kappa shape index (κ1) is 25.0. The van der Waals surface area contributed by atoms with Gasteiger partial charge in [0, 0.05) is 6.42 Å². The van der Waals surface area contributed by atoms with Crippen molar-refractivity contribution in [3.63, 3.8) is 0 Å². The summed E-state index contributed by atoms with van der Waals surface area (Å²) in [6, 6.07) is 15.3. The minimum Gasteiger partial charge on any atom is -0.214 e. The highest BCUT2D eigenvalue weighted by Gasteiger charge is 2.49. The van der Waals surface area contributed by atoms with E-state index in [2.05, 4.69) is 0 Å². The van der Waals surface area contributed by atoms with Crippen molar-refractivity contribution < 1.29 is 43.2 Å². The van der Waals surface area contributed by atoms with Gasteiger partial charge in [-0.15, -0.1) is 0 Å². The van der Waals surface area contributed by atoms with Crippen LogP contribution in [-0.2, 0) is 26.1 Å². The van der Waals surface area contributed by atoms with Crippen molar-refractivity contribution >= 4 is 41.2 Å². The second-order valence-corrected chi connectivity index (χ2v) is 11.4. The van der Waals surface area contributed by atoms with E-state index in [1.54, 1.807) is 12.1 Å². The molecule has 4 aromatic rings. The van der Waals surface area contributed by atoms with E-state index in [1.807, 2.05) is 0 Å². The highest BCUT2D eigenvalue weighted by atomic mass is 32.2. The number of benzene rings is 4. The van der Waals surface area contributed by atoms with E-state index < -0.39 is 58.0 Å². The second kappa shape index (κ2) is 8.23. The van der Waals surface area contributed by atoms with Gasteiger partial charge < -0.3 is 0 Å². The van der Waals surface area contributed by atoms with E-state index in [9.17, 15) is 43.2 Å². The Morgan fingerprint density at radius 2 is 0.857 bits per heavy atom. The second-order valence-electron chi connectivity index (χ2n) is 7.60. The molecule has 12 heteroatoms. The van der Waals surface area contributed by atoms with Gasteiger partial charge in [-0.2, -0.15) is 26.3 Å². The van der Waals surface area contributed by atoms with Crippen LogP contribution in [0.25, 0.3) is 21.5 Å². The van der Waals surface area contributed by atoms with Crippen LogP contribution in [0.3, 0.4) is 0 Å². The highest BCUT2D eigenvalue weighted by molar-refractivity contribution is 7.92. The maximum atomic E-state index is 13.5. The molecule has 0 spiro atoms. The van der Waals surface area contributed by atoms with Crippen LogP contribution in [0.2, 0.25) is 0 Å². The van der Waals surface area contributed by atoms with Crippen molar-refractivity contribution in [3.8, 4) is 0 Å². The minimum atomic E-state index is -5.92. The molecule has 4 nitrogen and oxygen atoms in total. The molecule has 0 aliphatic rings. The quantitative estimate of drug-likeness (QED) is 0.295. The molecule has 0 saturated heterocycles. The lowest BCUT2D eigenvalue weighted by atomic mass is 9.95. The molecule has 0 saturated carbocycles. The van der Waals surface area contributed by atoms with Crippen molar-refractivity contribution in [2.24, 2.45) is 0 Å². The standard InChI is InChI=1S/C23H14F6O4S2/c24-22(25,26)34(30,31)20-11-9-14-5-1-3-7-16(14)18(20)13-19-17-8-4-2-6-15(17)10-12-21(19)35(32,33)23(27,28)29/h1-12H,13H2. The van der Waals surface area contributed by atoms with Gasteiger partial charge in [0.2, 0.25) is 0 Å². The fourth-order valence-corrected chi connectivity index (χ4v) is 5.93. The van der Waals surface area contributed by atoms with E-state index in [-0.39, 0.29) is 10.8 Å². The van der Waals surface area contributed by atoms with Crippen LogP contribution in [0.4, 0.5) is 26.3 Å². The smallest absolute Gasteiger partial charge is 0.214 e. The molecule has 184 valence electrons. The Labute approximate surface area is 195 Å². The summed E-state index contributed by atoms with van der Waals surface area (Å²) < 4.78 is 130. The Morgan fingerprint density at radius 1 is 0.514 bits per heavy atom. The van der Waals surface area contributed by atoms with E-state index in [1.165, 1.54) is 36.4 Å². The fourth-order valence-electron chi connectivity index (χ4n) is 3.93. The molecule has 0 amide bonds. The zero-order chi connectivity index (χ0) is 25.8. The Balaban J connectivity index is 2.12. The summed E-state index contributed by atoms with van der Waals surface area (Å²) in [7, 11) is -11.8. The third-order valence-electron chi connectivity index (χ3n) is 5.54. The summed E-state index contributed by atoms with van der Waals surface area (Å²) in [5, 5.41) is 0.704. The van der Waals surface area contributed by atoms with Crippen molar-refractivity contribution in [1.82, 2.24) is 0 Å². The molecule has 0 heterocycles. The van der Waals surface area contributed by atoms with Gasteiger partial charge in [-0.05, 0) is 44.8 Å². The van der Waals surface area contributed by atoms with E-state index in [0.717, 1.165) is 24.3 Å². The first-order chi connectivity index (χ1) is 16.2. The van der Waals surface area contributed by atoms with Crippen LogP contribution in [-0.4, -0.2) is 27.9 Å². The van der Waals surface area contributed by atoms with Crippen molar-refractivity contribution in [2.75, 3.05) is 0 Å². The number of hydrogen-bond donors (Lipinski definition) is 0. The average Bonchev–Trinajstić information content (AvgIpc) is 2.77. The number of sulfone groups is 2. The highest BCUT2D eigenvalue weighted by Crippen LogP contribution is 2.40. The molecule has 4 rings (SSSR count). The summed E-state index contributed by atoms with van der Waals surface area (Å²) in [6.07, 6.45) is -0.821. The zero-order valence-electron chi connectivity index (χ0n) is 17.4. The fraction of sp³-hybridized carbons (Fsp3) is 0.130. The van der Waals surface area contributed by atoms with Crippen molar-refractivity contribution in [1.29, 1.82) is 0 Å². The summed E-state index contributed by atoms with van der Waals surface area (Å²) >= 11 is 0. The average molecular weight is 532 g/mol. The summed E-state index contributed by atoms with van der Waals surface area (Å²) in [5.41, 5.74) is -12.3. The molecule has 0 fully saturated rings. The van der Waals surface area contributed by atoms with Gasteiger partial charge in [0.15, 0.2) is 0 Å². The normalized spacial score (nSPS) is 13.4. The molecule has 0 N–H and O–H groups in total. The van der Waals surface area contributed by atoms with Gasteiger partial charge in [-0.25, -0.2) is 16.8 Å². The lowest BCUT2D eigenvalue weighted by molar-refractivity contribution is -0.0441. The molecule has 0 aliphatic carbocycles. The van der Waals surface area contributed by atoms with Crippen LogP contribution in [0.1, 0.15) is 11.1 Å². The molecule has 0 unspecified atom stereocenters. The van der Waals surface area contributed by atoms with Gasteiger partial charge in [0.05, 0.1) is 9.79 Å². The van der Waals surface area contributed by atoms with Gasteiger partial charge in [-0.3, -0.25) is 0 Å². The number of rotatable bonds is 4. The van der Waals surface area contributed by atoms with E-state index in [0.29, 0.717) is 10.8 Å². The van der Waals surface area contributed by atoms with Crippen LogP contribution in [0.5, 0.6) is 0 Å². The van der Waals surface area contributed by atoms with Crippen molar-refractivity contribution in [2.45, 2.75) is 27.2 Å². The van der Waals surface area contributed by atoms with Crippen LogP contribution >= 0.6 is 0 Å². The lowest BCUT2D eigenvalue weighted by Gasteiger charge is -2.19. The number of fused-ring (bicyclic) bond motifs is 2. The van der Waals surface area contributed by atoms with Gasteiger partial charge in [0.1, 0.15) is 0 Å². The Kier molecular flexibility index (Phi) is 5.88. The van der Waals surface area contributed by atoms with E-state index >= 15 is 0 Å². The molecular formula is C23H14F6O4S2. The molecule has 0 radical (unpaired) electrons. The zero-order valence-corrected chi connectivity index (χ0v) is 19.0. The molecular weight excluding hydrogens is 518 g/mol. The van der Waals surface area contributed by atoms with Gasteiger partial charge in [0.25, 0.3) is 19.7 Å². The molecule has 35 heavy (non-hydrogen) atoms. The largest absolute Gasteiger partial charge is 0.501 e. The Morgan fingerprint density at radius 3 is 1.20 bits per heavy atom. The van der Waals surface area contributed by atoms with Gasteiger partial charge >= 0.3 is 11.0 Å². The number of hydrogen-bond acceptors (Lipinski definition) is 4. The number of halogens is 6. The van der Waals surface area contributed by atoms with Crippen molar-refractivity contribution in [3.05, 3.63) is 83.9 Å². The summed E-state index contributed by atoms with van der Waals surface area (Å²) in [4.78, 5) is -2.32. The van der Waals surface area contributed by atoms with Gasteiger partial charge in [-0.1, -0.05) is 60.7 Å². The predicted octanol–water partition coefficient (Wildman–Crippen LogP) is 6.17. The predicted molar refractivity (Wildman–Crippen MR) is 117 cm³/mol. The molecule has 0 aliphatic heterocycles. The molecule has 0 bridgehead atoms. The first-order valence-electron chi connectivity index (χ1n) is 9.80. The third-order valence-corrected chi connectivity index (χ3v) is 8.68. The first-order valence-corrected chi connectivity index (χ1v) is 12.8. The lowest BCUT2D eigenvalue weighted by Crippen LogP contribution is -2.26. The molecule has 4 aromatic carbocycles. The van der Waals surface area contributed by atoms with Crippen LogP contribution in [0.15, 0.2) is 82.6 Å². The number of alkyl halides is 6. The molecule has 0 atom stereocenters. The minimum absolute atomic E-state index is 0.0288. The maximum Gasteiger partial charge on any atom is 0.501 e. The summed E-state index contributed by atoms with van der Waals surface area (Å²) in [5.74, 6) is 0. The molecule has 0 aromatic heterocycles. The van der Waals surface area contributed by atoms with E-state index in [4.69, 9.17) is 0 Å².